The van der Waals surface area contributed by atoms with Gasteiger partial charge in [-0.1, -0.05) is 12.1 Å². The molecule has 0 unspecified atom stereocenters. The smallest absolute Gasteiger partial charge is 0.250 e. The quantitative estimate of drug-likeness (QED) is 0.456. The molecule has 0 saturated carbocycles. The van der Waals surface area contributed by atoms with Gasteiger partial charge in [0.1, 0.15) is 0 Å². The van der Waals surface area contributed by atoms with E-state index in [1.54, 1.807) is 0 Å². The standard InChI is InChI=1S/C21H30N8/c1-16(17-9-8-10-18(22)15-17)26-27-19-23-20(28-11-4-2-5-12-28)25-21(24-19)29-13-6-3-7-14-29/h8-10,15H,2-7,11-14,22H2,1H3,(H,23,24,25,27). The van der Waals surface area contributed by atoms with Crippen LogP contribution in [-0.2, 0) is 0 Å². The van der Waals surface area contributed by atoms with Crippen molar-refractivity contribution in [2.75, 3.05) is 47.1 Å². The van der Waals surface area contributed by atoms with Gasteiger partial charge in [0.05, 0.1) is 5.71 Å². The highest BCUT2D eigenvalue weighted by Crippen LogP contribution is 2.22. The zero-order chi connectivity index (χ0) is 20.1. The molecule has 3 N–H and O–H groups in total. The highest BCUT2D eigenvalue weighted by Gasteiger charge is 2.20. The van der Waals surface area contributed by atoms with Crippen molar-refractivity contribution in [1.29, 1.82) is 0 Å². The third-order valence-corrected chi connectivity index (χ3v) is 5.52. The van der Waals surface area contributed by atoms with Crippen LogP contribution in [0, 0.1) is 0 Å². The van der Waals surface area contributed by atoms with Crippen molar-refractivity contribution in [2.45, 2.75) is 45.4 Å². The highest BCUT2D eigenvalue weighted by atomic mass is 15.4. The van der Waals surface area contributed by atoms with E-state index in [0.717, 1.165) is 55.0 Å². The third kappa shape index (κ3) is 4.93. The molecule has 154 valence electrons. The van der Waals surface area contributed by atoms with E-state index in [2.05, 4.69) is 30.3 Å². The molecule has 8 heteroatoms. The Kier molecular flexibility index (Phi) is 6.07. The van der Waals surface area contributed by atoms with Crippen molar-refractivity contribution < 1.29 is 0 Å². The average molecular weight is 395 g/mol. The van der Waals surface area contributed by atoms with Crippen LogP contribution in [0.1, 0.15) is 51.0 Å². The lowest BCUT2D eigenvalue weighted by atomic mass is 10.1. The highest BCUT2D eigenvalue weighted by molar-refractivity contribution is 5.99. The van der Waals surface area contributed by atoms with Crippen molar-refractivity contribution in [3.05, 3.63) is 29.8 Å². The van der Waals surface area contributed by atoms with Crippen molar-refractivity contribution >= 4 is 29.2 Å². The van der Waals surface area contributed by atoms with E-state index in [0.29, 0.717) is 5.95 Å². The molecular formula is C21H30N8. The van der Waals surface area contributed by atoms with Gasteiger partial charge < -0.3 is 15.5 Å². The first-order chi connectivity index (χ1) is 14.2. The monoisotopic (exact) mass is 394 g/mol. The van der Waals surface area contributed by atoms with Crippen LogP contribution in [0.25, 0.3) is 0 Å². The van der Waals surface area contributed by atoms with Gasteiger partial charge in [-0.15, -0.1) is 0 Å². The molecule has 0 bridgehead atoms. The van der Waals surface area contributed by atoms with E-state index in [-0.39, 0.29) is 0 Å². The van der Waals surface area contributed by atoms with Crippen LogP contribution >= 0.6 is 0 Å². The van der Waals surface area contributed by atoms with E-state index in [9.17, 15) is 0 Å². The fourth-order valence-electron chi connectivity index (χ4n) is 3.84. The SMILES string of the molecule is CC(=NNc1nc(N2CCCCC2)nc(N2CCCCC2)n1)c1cccc(N)c1. The maximum absolute atomic E-state index is 5.89. The molecule has 2 aliphatic heterocycles. The molecule has 1 aromatic heterocycles. The number of hydrazone groups is 1. The summed E-state index contributed by atoms with van der Waals surface area (Å²) in [6.07, 6.45) is 7.27. The molecule has 8 nitrogen and oxygen atoms in total. The summed E-state index contributed by atoms with van der Waals surface area (Å²) in [5.41, 5.74) is 11.5. The molecule has 4 rings (SSSR count). The number of benzene rings is 1. The number of nitrogens with zero attached hydrogens (tertiary/aromatic N) is 6. The average Bonchev–Trinajstić information content (AvgIpc) is 2.78. The van der Waals surface area contributed by atoms with Crippen LogP contribution in [0.15, 0.2) is 29.4 Å². The number of aromatic nitrogens is 3. The number of anilines is 4. The van der Waals surface area contributed by atoms with Crippen LogP contribution in [-0.4, -0.2) is 46.8 Å². The summed E-state index contributed by atoms with van der Waals surface area (Å²) in [5.74, 6) is 1.99. The second-order valence-corrected chi connectivity index (χ2v) is 7.79. The minimum absolute atomic E-state index is 0.490. The minimum Gasteiger partial charge on any atom is -0.399 e. The van der Waals surface area contributed by atoms with Crippen LogP contribution in [0.4, 0.5) is 23.5 Å². The maximum Gasteiger partial charge on any atom is 0.250 e. The molecule has 1 aromatic carbocycles. The first-order valence-electron chi connectivity index (χ1n) is 10.6. The molecule has 0 aliphatic carbocycles. The van der Waals surface area contributed by atoms with Gasteiger partial charge in [-0.3, -0.25) is 0 Å². The summed E-state index contributed by atoms with van der Waals surface area (Å²) in [6, 6.07) is 7.69. The molecule has 2 aromatic rings. The largest absolute Gasteiger partial charge is 0.399 e. The lowest BCUT2D eigenvalue weighted by Crippen LogP contribution is -2.34. The Morgan fingerprint density at radius 2 is 1.48 bits per heavy atom. The predicted molar refractivity (Wildman–Crippen MR) is 119 cm³/mol. The molecule has 2 aliphatic rings. The van der Waals surface area contributed by atoms with E-state index >= 15 is 0 Å². The first-order valence-corrected chi connectivity index (χ1v) is 10.6. The molecule has 0 amide bonds. The van der Waals surface area contributed by atoms with Crippen molar-refractivity contribution in [1.82, 2.24) is 15.0 Å². The molecular weight excluding hydrogens is 364 g/mol. The zero-order valence-corrected chi connectivity index (χ0v) is 17.1. The Balaban J connectivity index is 1.59. The fourth-order valence-corrected chi connectivity index (χ4v) is 3.84. The Morgan fingerprint density at radius 3 is 2.03 bits per heavy atom. The number of hydrogen-bond acceptors (Lipinski definition) is 8. The topological polar surface area (TPSA) is 95.6 Å². The summed E-state index contributed by atoms with van der Waals surface area (Å²) >= 11 is 0. The number of rotatable bonds is 5. The molecule has 2 fully saturated rings. The van der Waals surface area contributed by atoms with Crippen LogP contribution in [0.3, 0.4) is 0 Å². The number of piperidine rings is 2. The normalized spacial score (nSPS) is 18.0. The lowest BCUT2D eigenvalue weighted by Gasteiger charge is -2.30. The number of nitrogens with one attached hydrogen (secondary N) is 1. The van der Waals surface area contributed by atoms with Gasteiger partial charge in [0.25, 0.3) is 0 Å². The van der Waals surface area contributed by atoms with Gasteiger partial charge in [-0.2, -0.15) is 20.1 Å². The van der Waals surface area contributed by atoms with Gasteiger partial charge >= 0.3 is 0 Å². The lowest BCUT2D eigenvalue weighted by molar-refractivity contribution is 0.556. The summed E-state index contributed by atoms with van der Waals surface area (Å²) in [4.78, 5) is 18.7. The first kappa shape index (κ1) is 19.4. The van der Waals surface area contributed by atoms with E-state index in [4.69, 9.17) is 10.7 Å². The Labute approximate surface area is 172 Å². The molecule has 2 saturated heterocycles. The van der Waals surface area contributed by atoms with Gasteiger partial charge in [0.15, 0.2) is 0 Å². The van der Waals surface area contributed by atoms with Crippen molar-refractivity contribution in [3.8, 4) is 0 Å². The number of nitrogen functional groups attached to an aromatic ring is 1. The van der Waals surface area contributed by atoms with Gasteiger partial charge in [-0.25, -0.2) is 5.43 Å². The van der Waals surface area contributed by atoms with Gasteiger partial charge in [0, 0.05) is 31.9 Å². The van der Waals surface area contributed by atoms with E-state index < -0.39 is 0 Å². The van der Waals surface area contributed by atoms with Crippen molar-refractivity contribution in [2.24, 2.45) is 5.10 Å². The molecule has 0 atom stereocenters. The van der Waals surface area contributed by atoms with Gasteiger partial charge in [0.2, 0.25) is 17.8 Å². The zero-order valence-electron chi connectivity index (χ0n) is 17.1. The second-order valence-electron chi connectivity index (χ2n) is 7.79. The number of nitrogens with two attached hydrogens (primary N) is 1. The molecule has 0 radical (unpaired) electrons. The summed E-state index contributed by atoms with van der Waals surface area (Å²) in [5, 5.41) is 4.50. The fraction of sp³-hybridized carbons (Fsp3) is 0.524. The summed E-state index contributed by atoms with van der Waals surface area (Å²) in [6.45, 7) is 5.92. The molecule has 3 heterocycles. The second kappa shape index (κ2) is 9.07. The minimum atomic E-state index is 0.490. The summed E-state index contributed by atoms with van der Waals surface area (Å²) in [7, 11) is 0. The van der Waals surface area contributed by atoms with E-state index in [1.165, 1.54) is 38.5 Å². The Bertz CT molecular complexity index is 817. The maximum atomic E-state index is 5.89. The Morgan fingerprint density at radius 1 is 0.897 bits per heavy atom. The molecule has 29 heavy (non-hydrogen) atoms. The van der Waals surface area contributed by atoms with Gasteiger partial charge in [-0.05, 0) is 63.1 Å². The van der Waals surface area contributed by atoms with Crippen LogP contribution in [0.5, 0.6) is 0 Å². The van der Waals surface area contributed by atoms with Crippen molar-refractivity contribution in [3.63, 3.8) is 0 Å². The third-order valence-electron chi connectivity index (χ3n) is 5.52. The van der Waals surface area contributed by atoms with Crippen LogP contribution in [0.2, 0.25) is 0 Å². The predicted octanol–water partition coefficient (Wildman–Crippen LogP) is 3.27. The summed E-state index contributed by atoms with van der Waals surface area (Å²) < 4.78 is 0. The Hall–Kier alpha value is -2.90. The van der Waals surface area contributed by atoms with Crippen LogP contribution < -0.4 is 21.0 Å². The number of hydrogen-bond donors (Lipinski definition) is 2. The van der Waals surface area contributed by atoms with E-state index in [1.807, 2.05) is 31.2 Å². The molecule has 0 spiro atoms.